The second-order valence-corrected chi connectivity index (χ2v) is 7.15. The predicted molar refractivity (Wildman–Crippen MR) is 95.7 cm³/mol. The number of amides is 1. The summed E-state index contributed by atoms with van der Waals surface area (Å²) < 4.78 is 10.7. The number of halogens is 1. The second kappa shape index (κ2) is 7.48. The average Bonchev–Trinajstić information content (AvgIpc) is 3.00. The Balaban J connectivity index is 1.61. The zero-order valence-corrected chi connectivity index (χ0v) is 15.1. The molecule has 1 saturated carbocycles. The smallest absolute Gasteiger partial charge is 0.375 e. The minimum absolute atomic E-state index is 0.0583. The van der Waals surface area contributed by atoms with Crippen LogP contribution in [0, 0.1) is 5.92 Å². The van der Waals surface area contributed by atoms with E-state index in [1.54, 1.807) is 31.2 Å². The molecule has 1 N–H and O–H groups in total. The van der Waals surface area contributed by atoms with Crippen LogP contribution in [0.1, 0.15) is 50.1 Å². The lowest BCUT2D eigenvalue weighted by Crippen LogP contribution is -2.45. The Hall–Kier alpha value is -2.01. The largest absolute Gasteiger partial charge is 0.449 e. The fourth-order valence-corrected chi connectivity index (χ4v) is 3.40. The van der Waals surface area contributed by atoms with Crippen molar-refractivity contribution in [1.29, 1.82) is 0 Å². The van der Waals surface area contributed by atoms with Gasteiger partial charge in [0.1, 0.15) is 5.58 Å². The number of esters is 1. The van der Waals surface area contributed by atoms with Crippen LogP contribution >= 0.6 is 11.6 Å². The fraction of sp³-hybridized carbons (Fsp3) is 0.474. The van der Waals surface area contributed by atoms with E-state index >= 15 is 0 Å². The molecule has 1 amide bonds. The molecular formula is C19H22ClNO4. The van der Waals surface area contributed by atoms with Crippen LogP contribution in [-0.4, -0.2) is 24.0 Å². The number of benzene rings is 1. The Morgan fingerprint density at radius 2 is 2.04 bits per heavy atom. The van der Waals surface area contributed by atoms with Crippen molar-refractivity contribution < 1.29 is 18.7 Å². The first-order valence-corrected chi connectivity index (χ1v) is 9.02. The van der Waals surface area contributed by atoms with Gasteiger partial charge in [0.05, 0.1) is 0 Å². The molecule has 0 saturated heterocycles. The molecule has 1 heterocycles. The fourth-order valence-electron chi connectivity index (χ4n) is 3.22. The van der Waals surface area contributed by atoms with Gasteiger partial charge in [-0.2, -0.15) is 0 Å². The van der Waals surface area contributed by atoms with Gasteiger partial charge in [0.15, 0.2) is 6.10 Å². The molecule has 0 spiro atoms. The van der Waals surface area contributed by atoms with Crippen molar-refractivity contribution in [3.8, 4) is 0 Å². The first-order valence-electron chi connectivity index (χ1n) is 8.64. The van der Waals surface area contributed by atoms with Crippen molar-refractivity contribution in [2.24, 2.45) is 5.92 Å². The molecule has 0 aliphatic heterocycles. The Labute approximate surface area is 151 Å². The number of rotatable bonds is 4. The number of hydrogen-bond donors (Lipinski definition) is 1. The van der Waals surface area contributed by atoms with Crippen LogP contribution in [0.2, 0.25) is 5.02 Å². The van der Waals surface area contributed by atoms with E-state index in [2.05, 4.69) is 12.2 Å². The van der Waals surface area contributed by atoms with Crippen LogP contribution in [-0.2, 0) is 9.53 Å². The van der Waals surface area contributed by atoms with Gasteiger partial charge < -0.3 is 14.5 Å². The molecule has 0 bridgehead atoms. The molecule has 134 valence electrons. The summed E-state index contributed by atoms with van der Waals surface area (Å²) >= 11 is 5.93. The van der Waals surface area contributed by atoms with E-state index in [9.17, 15) is 9.59 Å². The van der Waals surface area contributed by atoms with Crippen molar-refractivity contribution >= 4 is 34.4 Å². The van der Waals surface area contributed by atoms with Gasteiger partial charge in [0.2, 0.25) is 5.76 Å². The first kappa shape index (κ1) is 17.8. The topological polar surface area (TPSA) is 68.5 Å². The third-order valence-corrected chi connectivity index (χ3v) is 5.01. The molecule has 5 nitrogen and oxygen atoms in total. The minimum atomic E-state index is -0.876. The van der Waals surface area contributed by atoms with E-state index in [1.807, 2.05) is 0 Å². The van der Waals surface area contributed by atoms with Gasteiger partial charge >= 0.3 is 5.97 Å². The second-order valence-electron chi connectivity index (χ2n) is 6.72. The Bertz CT molecular complexity index is 785. The summed E-state index contributed by atoms with van der Waals surface area (Å²) in [5.41, 5.74) is 0.546. The van der Waals surface area contributed by atoms with Crippen LogP contribution in [0.25, 0.3) is 11.0 Å². The molecule has 0 unspecified atom stereocenters. The number of nitrogens with one attached hydrogen (secondary N) is 1. The monoisotopic (exact) mass is 363 g/mol. The highest BCUT2D eigenvalue weighted by atomic mass is 35.5. The number of ether oxygens (including phenoxy) is 1. The molecule has 6 heteroatoms. The van der Waals surface area contributed by atoms with Crippen molar-refractivity contribution in [3.05, 3.63) is 35.0 Å². The number of hydrogen-bond acceptors (Lipinski definition) is 4. The molecule has 1 aliphatic rings. The van der Waals surface area contributed by atoms with Gasteiger partial charge in [-0.3, -0.25) is 4.79 Å². The summed E-state index contributed by atoms with van der Waals surface area (Å²) in [5, 5.41) is 4.27. The molecule has 1 aromatic carbocycles. The maximum absolute atomic E-state index is 12.3. The third kappa shape index (κ3) is 4.15. The van der Waals surface area contributed by atoms with Gasteiger partial charge in [0.25, 0.3) is 5.91 Å². The normalized spacial score (nSPS) is 21.7. The van der Waals surface area contributed by atoms with Gasteiger partial charge in [-0.15, -0.1) is 0 Å². The maximum Gasteiger partial charge on any atom is 0.375 e. The number of furan rings is 1. The number of fused-ring (bicyclic) bond motifs is 1. The van der Waals surface area contributed by atoms with Crippen LogP contribution < -0.4 is 5.32 Å². The molecule has 2 aromatic rings. The van der Waals surface area contributed by atoms with Crippen molar-refractivity contribution in [3.63, 3.8) is 0 Å². The Morgan fingerprint density at radius 1 is 1.28 bits per heavy atom. The minimum Gasteiger partial charge on any atom is -0.449 e. The highest BCUT2D eigenvalue weighted by Crippen LogP contribution is 2.25. The molecule has 1 aliphatic carbocycles. The Kier molecular flexibility index (Phi) is 5.33. The summed E-state index contributed by atoms with van der Waals surface area (Å²) in [5.74, 6) is -0.429. The maximum atomic E-state index is 12.3. The summed E-state index contributed by atoms with van der Waals surface area (Å²) in [6.45, 7) is 3.71. The van der Waals surface area contributed by atoms with Crippen LogP contribution in [0.4, 0.5) is 0 Å². The number of carbonyl (C=O) groups is 2. The summed E-state index contributed by atoms with van der Waals surface area (Å²) in [6.07, 6.45) is 3.52. The van der Waals surface area contributed by atoms with Gasteiger partial charge in [0, 0.05) is 16.5 Å². The Morgan fingerprint density at radius 3 is 2.80 bits per heavy atom. The molecule has 1 fully saturated rings. The van der Waals surface area contributed by atoms with E-state index in [0.29, 0.717) is 21.9 Å². The molecule has 3 atom stereocenters. The van der Waals surface area contributed by atoms with Crippen molar-refractivity contribution in [2.45, 2.75) is 51.7 Å². The highest BCUT2D eigenvalue weighted by Gasteiger charge is 2.27. The van der Waals surface area contributed by atoms with Gasteiger partial charge in [-0.05, 0) is 49.9 Å². The quantitative estimate of drug-likeness (QED) is 0.821. The van der Waals surface area contributed by atoms with E-state index < -0.39 is 12.1 Å². The highest BCUT2D eigenvalue weighted by molar-refractivity contribution is 6.31. The lowest BCUT2D eigenvalue weighted by Gasteiger charge is -2.30. The van der Waals surface area contributed by atoms with Crippen LogP contribution in [0.15, 0.2) is 28.7 Å². The van der Waals surface area contributed by atoms with Crippen molar-refractivity contribution in [2.75, 3.05) is 0 Å². The average molecular weight is 364 g/mol. The van der Waals surface area contributed by atoms with Crippen LogP contribution in [0.3, 0.4) is 0 Å². The summed E-state index contributed by atoms with van der Waals surface area (Å²) in [4.78, 5) is 24.5. The van der Waals surface area contributed by atoms with Gasteiger partial charge in [-0.25, -0.2) is 4.79 Å². The van der Waals surface area contributed by atoms with E-state index in [1.165, 1.54) is 6.42 Å². The molecule has 0 radical (unpaired) electrons. The first-order chi connectivity index (χ1) is 11.9. The molecule has 25 heavy (non-hydrogen) atoms. The molecular weight excluding hydrogens is 342 g/mol. The third-order valence-electron chi connectivity index (χ3n) is 4.77. The van der Waals surface area contributed by atoms with Gasteiger partial charge in [-0.1, -0.05) is 31.4 Å². The van der Waals surface area contributed by atoms with Crippen LogP contribution in [0.5, 0.6) is 0 Å². The van der Waals surface area contributed by atoms with E-state index in [0.717, 1.165) is 19.3 Å². The van der Waals surface area contributed by atoms with E-state index in [-0.39, 0.29) is 17.7 Å². The lowest BCUT2D eigenvalue weighted by molar-refractivity contribution is -0.130. The van der Waals surface area contributed by atoms with Crippen molar-refractivity contribution in [1.82, 2.24) is 5.32 Å². The summed E-state index contributed by atoms with van der Waals surface area (Å²) in [7, 11) is 0. The predicted octanol–water partition coefficient (Wildman–Crippen LogP) is 4.33. The SMILES string of the molecule is C[C@@H](OC(=O)c1cc2cc(Cl)ccc2o1)C(=O)N[C@H]1CCCC[C@@H]1C. The number of carbonyl (C=O) groups excluding carboxylic acids is 2. The summed E-state index contributed by atoms with van der Waals surface area (Å²) in [6, 6.07) is 6.80. The lowest BCUT2D eigenvalue weighted by atomic mass is 9.86. The van der Waals surface area contributed by atoms with E-state index in [4.69, 9.17) is 20.8 Å². The molecule has 1 aromatic heterocycles. The zero-order valence-electron chi connectivity index (χ0n) is 14.4. The molecule has 3 rings (SSSR count). The standard InChI is InChI=1S/C19H22ClNO4/c1-11-5-3-4-6-15(11)21-18(22)12(2)24-19(23)17-10-13-9-14(20)7-8-16(13)25-17/h7-12,15H,3-6H2,1-2H3,(H,21,22)/t11-,12+,15-/m0/s1. The zero-order chi connectivity index (χ0) is 18.0.